The molecule has 0 unspecified atom stereocenters. The van der Waals surface area contributed by atoms with Gasteiger partial charge in [-0.25, -0.2) is 0 Å². The molecule has 1 saturated carbocycles. The first kappa shape index (κ1) is 30.5. The molecule has 0 heterocycles. The molecular weight excluding hydrogens is 572 g/mol. The molecular formula is C28H23F10NO2. The lowest BCUT2D eigenvalue weighted by Gasteiger charge is -2.30. The van der Waals surface area contributed by atoms with Crippen LogP contribution in [0.15, 0.2) is 72.8 Å². The first-order valence-corrected chi connectivity index (χ1v) is 12.3. The van der Waals surface area contributed by atoms with Gasteiger partial charge in [0.05, 0.1) is 6.54 Å². The average molecular weight is 595 g/mol. The highest BCUT2D eigenvalue weighted by Crippen LogP contribution is 2.52. The number of hydrogen-bond acceptors (Lipinski definition) is 3. The number of halogens is 10. The first-order valence-electron chi connectivity index (χ1n) is 12.3. The Labute approximate surface area is 228 Å². The van der Waals surface area contributed by atoms with Crippen molar-refractivity contribution in [3.05, 3.63) is 89.5 Å². The van der Waals surface area contributed by atoms with Crippen molar-refractivity contribution >= 4 is 5.69 Å². The van der Waals surface area contributed by atoms with Gasteiger partial charge in [0.25, 0.3) is 0 Å². The molecule has 0 aromatic heterocycles. The fraction of sp³-hybridized carbons (Fsp3) is 0.357. The number of hydrogen-bond donors (Lipinski definition) is 1. The number of aliphatic hydroxyl groups is 1. The molecule has 0 saturated heterocycles. The molecule has 1 fully saturated rings. The van der Waals surface area contributed by atoms with Crippen LogP contribution in [0, 0.1) is 0 Å². The summed E-state index contributed by atoms with van der Waals surface area (Å²) < 4.78 is 139. The monoisotopic (exact) mass is 595 g/mol. The van der Waals surface area contributed by atoms with Gasteiger partial charge in [-0.3, -0.25) is 0 Å². The van der Waals surface area contributed by atoms with E-state index in [4.69, 9.17) is 4.74 Å². The van der Waals surface area contributed by atoms with Crippen molar-refractivity contribution in [3.63, 3.8) is 0 Å². The predicted octanol–water partition coefficient (Wildman–Crippen LogP) is 8.58. The smallest absolute Gasteiger partial charge is 0.457 e. The lowest BCUT2D eigenvalue weighted by atomic mass is 9.99. The molecule has 4 rings (SSSR count). The van der Waals surface area contributed by atoms with Crippen LogP contribution in [0.3, 0.4) is 0 Å². The van der Waals surface area contributed by atoms with Crippen molar-refractivity contribution in [3.8, 4) is 11.5 Å². The molecule has 0 bridgehead atoms. The molecule has 0 spiro atoms. The molecule has 0 radical (unpaired) electrons. The molecule has 1 aliphatic rings. The van der Waals surface area contributed by atoms with E-state index in [-0.39, 0.29) is 17.0 Å². The minimum absolute atomic E-state index is 0.0296. The molecule has 0 aliphatic heterocycles. The van der Waals surface area contributed by atoms with Crippen molar-refractivity contribution in [2.75, 3.05) is 11.4 Å². The lowest BCUT2D eigenvalue weighted by molar-refractivity contribution is -0.359. The van der Waals surface area contributed by atoms with Crippen molar-refractivity contribution in [2.24, 2.45) is 0 Å². The van der Waals surface area contributed by atoms with Crippen LogP contribution in [0.4, 0.5) is 49.6 Å². The molecule has 1 N–H and O–H groups in total. The van der Waals surface area contributed by atoms with E-state index in [1.807, 2.05) is 12.1 Å². The minimum atomic E-state index is -6.56. The van der Waals surface area contributed by atoms with Crippen molar-refractivity contribution in [1.29, 1.82) is 0 Å². The van der Waals surface area contributed by atoms with E-state index in [0.717, 1.165) is 35.4 Å². The van der Waals surface area contributed by atoms with Crippen LogP contribution < -0.4 is 9.64 Å². The normalized spacial score (nSPS) is 15.5. The Morgan fingerprint density at radius 1 is 0.780 bits per heavy atom. The van der Waals surface area contributed by atoms with Crippen molar-refractivity contribution < 1.29 is 53.7 Å². The number of rotatable bonds is 10. The second-order valence-corrected chi connectivity index (χ2v) is 9.73. The van der Waals surface area contributed by atoms with Crippen molar-refractivity contribution in [2.45, 2.75) is 55.6 Å². The number of benzene rings is 3. The van der Waals surface area contributed by atoms with Gasteiger partial charge in [-0.05, 0) is 60.2 Å². The Morgan fingerprint density at radius 3 is 2.00 bits per heavy atom. The summed E-state index contributed by atoms with van der Waals surface area (Å²) in [5.74, 6) is -11.0. The van der Waals surface area contributed by atoms with E-state index in [1.54, 1.807) is 12.1 Å². The van der Waals surface area contributed by atoms with Gasteiger partial charge in [-0.1, -0.05) is 36.4 Å². The third-order valence-corrected chi connectivity index (χ3v) is 6.51. The minimum Gasteiger partial charge on any atom is -0.457 e. The van der Waals surface area contributed by atoms with Crippen LogP contribution in [-0.2, 0) is 12.5 Å². The van der Waals surface area contributed by atoms with E-state index in [9.17, 15) is 49.0 Å². The topological polar surface area (TPSA) is 32.7 Å². The highest BCUT2D eigenvalue weighted by molar-refractivity contribution is 5.52. The maximum atomic E-state index is 14.3. The number of alkyl halides is 10. The third-order valence-electron chi connectivity index (χ3n) is 6.51. The van der Waals surface area contributed by atoms with Crippen LogP contribution in [0.5, 0.6) is 11.5 Å². The highest BCUT2D eigenvalue weighted by atomic mass is 19.4. The second-order valence-electron chi connectivity index (χ2n) is 9.73. The molecule has 3 aromatic rings. The summed E-state index contributed by atoms with van der Waals surface area (Å²) in [4.78, 5) is 0.921. The van der Waals surface area contributed by atoms with Gasteiger partial charge in [-0.2, -0.15) is 43.9 Å². The molecule has 1 atom stereocenters. The summed E-state index contributed by atoms with van der Waals surface area (Å²) >= 11 is 0. The number of aliphatic hydroxyl groups excluding tert-OH is 1. The van der Waals surface area contributed by atoms with E-state index >= 15 is 0 Å². The van der Waals surface area contributed by atoms with Gasteiger partial charge in [0.2, 0.25) is 0 Å². The van der Waals surface area contributed by atoms with E-state index in [1.165, 1.54) is 24.3 Å². The molecule has 3 nitrogen and oxygen atoms in total. The first-order chi connectivity index (χ1) is 19.0. The van der Waals surface area contributed by atoms with Crippen LogP contribution in [0.1, 0.15) is 35.4 Å². The van der Waals surface area contributed by atoms with E-state index in [0.29, 0.717) is 23.8 Å². The Kier molecular flexibility index (Phi) is 8.23. The summed E-state index contributed by atoms with van der Waals surface area (Å²) in [5.41, 5.74) is -0.900. The summed E-state index contributed by atoms with van der Waals surface area (Å²) in [6, 6.07) is 15.4. The Balaban J connectivity index is 1.63. The quantitative estimate of drug-likeness (QED) is 0.239. The van der Waals surface area contributed by atoms with Gasteiger partial charge >= 0.3 is 24.2 Å². The molecule has 3 aromatic carbocycles. The Bertz CT molecular complexity index is 1350. The van der Waals surface area contributed by atoms with Crippen LogP contribution in [0.25, 0.3) is 0 Å². The predicted molar refractivity (Wildman–Crippen MR) is 129 cm³/mol. The average Bonchev–Trinajstić information content (AvgIpc) is 3.73. The van der Waals surface area contributed by atoms with Crippen LogP contribution in [-0.4, -0.2) is 36.0 Å². The van der Waals surface area contributed by atoms with Gasteiger partial charge in [0.1, 0.15) is 11.5 Å². The SMILES string of the molecule is O[C@H](CN(Cc1cccc(C(F)(F)C(F)(F)C(F)(F)F)c1)c1cccc(Oc2cccc(C3CC3)c2)c1)C(F)(F)F. The summed E-state index contributed by atoms with van der Waals surface area (Å²) in [7, 11) is 0. The molecule has 41 heavy (non-hydrogen) atoms. The Hall–Kier alpha value is -3.48. The molecule has 222 valence electrons. The van der Waals surface area contributed by atoms with E-state index < -0.39 is 49.0 Å². The van der Waals surface area contributed by atoms with Crippen molar-refractivity contribution in [1.82, 2.24) is 0 Å². The zero-order valence-electron chi connectivity index (χ0n) is 21.0. The van der Waals surface area contributed by atoms with Gasteiger partial charge in [0.15, 0.2) is 6.10 Å². The maximum Gasteiger partial charge on any atom is 0.460 e. The number of ether oxygens (including phenoxy) is 1. The summed E-state index contributed by atoms with van der Waals surface area (Å²) in [6.07, 6.45) is -12.5. The molecule has 13 heteroatoms. The summed E-state index contributed by atoms with van der Waals surface area (Å²) in [6.45, 7) is -1.77. The standard InChI is InChI=1S/C28H23F10NO2/c29-25(30,27(34,35)28(36,37)38)20-6-1-4-17(12-20)15-39(16-24(40)26(31,32)33)21-7-3-9-23(14-21)41-22-8-2-5-19(13-22)18-10-11-18/h1-9,12-14,18,24,40H,10-11,15-16H2/t24-/m1/s1. The van der Waals surface area contributed by atoms with Crippen LogP contribution in [0.2, 0.25) is 0 Å². The maximum absolute atomic E-state index is 14.3. The van der Waals surface area contributed by atoms with Gasteiger partial charge in [-0.15, -0.1) is 0 Å². The number of nitrogens with zero attached hydrogens (tertiary/aromatic N) is 1. The lowest BCUT2D eigenvalue weighted by Crippen LogP contribution is -2.50. The largest absolute Gasteiger partial charge is 0.460 e. The van der Waals surface area contributed by atoms with Gasteiger partial charge in [0, 0.05) is 23.9 Å². The number of anilines is 1. The Morgan fingerprint density at radius 2 is 1.39 bits per heavy atom. The summed E-state index contributed by atoms with van der Waals surface area (Å²) in [5, 5.41) is 9.73. The third kappa shape index (κ3) is 6.88. The fourth-order valence-corrected chi connectivity index (χ4v) is 4.15. The second kappa shape index (κ2) is 11.1. The van der Waals surface area contributed by atoms with E-state index in [2.05, 4.69) is 0 Å². The fourth-order valence-electron chi connectivity index (χ4n) is 4.15. The zero-order valence-corrected chi connectivity index (χ0v) is 21.0. The van der Waals surface area contributed by atoms with Crippen LogP contribution >= 0.6 is 0 Å². The zero-order chi connectivity index (χ0) is 30.2. The highest BCUT2D eigenvalue weighted by Gasteiger charge is 2.73. The van der Waals surface area contributed by atoms with Gasteiger partial charge < -0.3 is 14.7 Å². The molecule has 1 aliphatic carbocycles. The molecule has 0 amide bonds.